The van der Waals surface area contributed by atoms with Crippen LogP contribution in [0.15, 0.2) is 22.7 Å². The summed E-state index contributed by atoms with van der Waals surface area (Å²) in [6.45, 7) is 1.55. The van der Waals surface area contributed by atoms with E-state index >= 15 is 0 Å². The highest BCUT2D eigenvalue weighted by molar-refractivity contribution is 14.1. The van der Waals surface area contributed by atoms with E-state index in [-0.39, 0.29) is 5.91 Å². The van der Waals surface area contributed by atoms with Gasteiger partial charge in [-0.25, -0.2) is 8.42 Å². The normalized spacial score (nSPS) is 17.2. The molecule has 0 radical (unpaired) electrons. The number of halogens is 2. The lowest BCUT2D eigenvalue weighted by molar-refractivity contribution is 0.0697. The molecule has 0 spiro atoms. The van der Waals surface area contributed by atoms with E-state index in [0.717, 1.165) is 8.04 Å². The van der Waals surface area contributed by atoms with E-state index in [2.05, 4.69) is 38.5 Å². The van der Waals surface area contributed by atoms with Crippen LogP contribution in [0.25, 0.3) is 0 Å². The van der Waals surface area contributed by atoms with E-state index in [1.54, 1.807) is 4.90 Å². The first-order valence-electron chi connectivity index (χ1n) is 5.98. The number of nitrogens with zero attached hydrogens (tertiary/aromatic N) is 2. The quantitative estimate of drug-likeness (QED) is 0.616. The van der Waals surface area contributed by atoms with Crippen molar-refractivity contribution in [3.8, 4) is 0 Å². The molecule has 110 valence electrons. The van der Waals surface area contributed by atoms with Crippen LogP contribution < -0.4 is 0 Å². The Morgan fingerprint density at radius 1 is 1.25 bits per heavy atom. The van der Waals surface area contributed by atoms with Gasteiger partial charge in [-0.15, -0.1) is 0 Å². The highest BCUT2D eigenvalue weighted by Crippen LogP contribution is 2.22. The van der Waals surface area contributed by atoms with Gasteiger partial charge in [-0.1, -0.05) is 0 Å². The third kappa shape index (κ3) is 3.71. The van der Waals surface area contributed by atoms with E-state index in [9.17, 15) is 13.2 Å². The third-order valence-electron chi connectivity index (χ3n) is 3.15. The largest absolute Gasteiger partial charge is 0.336 e. The van der Waals surface area contributed by atoms with Crippen molar-refractivity contribution in [1.82, 2.24) is 9.21 Å². The summed E-state index contributed by atoms with van der Waals surface area (Å²) in [5.41, 5.74) is 0.615. The average molecular weight is 473 g/mol. The molecule has 5 nitrogen and oxygen atoms in total. The molecule has 0 N–H and O–H groups in total. The summed E-state index contributed by atoms with van der Waals surface area (Å²) in [6.07, 6.45) is 1.20. The van der Waals surface area contributed by atoms with Crippen LogP contribution in [0, 0.1) is 3.57 Å². The summed E-state index contributed by atoms with van der Waals surface area (Å²) in [6, 6.07) is 5.60. The van der Waals surface area contributed by atoms with E-state index in [1.807, 2.05) is 18.2 Å². The highest BCUT2D eigenvalue weighted by atomic mass is 127. The third-order valence-corrected chi connectivity index (χ3v) is 5.82. The SMILES string of the molecule is CS(=O)(=O)N1CCN(C(=O)c2cc(I)ccc2Br)CC1. The standard InChI is InChI=1S/C12H14BrIN2O3S/c1-20(18,19)16-6-4-15(5-7-16)12(17)10-8-9(14)2-3-11(10)13/h2-3,8H,4-7H2,1H3. The molecule has 0 aliphatic carbocycles. The molecule has 1 aliphatic rings. The van der Waals surface area contributed by atoms with Crippen molar-refractivity contribution in [2.24, 2.45) is 0 Å². The van der Waals surface area contributed by atoms with Crippen molar-refractivity contribution in [3.05, 3.63) is 31.8 Å². The second-order valence-corrected chi connectivity index (χ2v) is 8.66. The van der Waals surface area contributed by atoms with Crippen LogP contribution in [-0.2, 0) is 10.0 Å². The van der Waals surface area contributed by atoms with E-state index < -0.39 is 10.0 Å². The zero-order valence-corrected chi connectivity index (χ0v) is 15.4. The lowest BCUT2D eigenvalue weighted by Gasteiger charge is -2.33. The molecule has 1 amide bonds. The van der Waals surface area contributed by atoms with Gasteiger partial charge in [0, 0.05) is 34.2 Å². The number of carbonyl (C=O) groups excluding carboxylic acids is 1. The Labute approximate surface area is 140 Å². The van der Waals surface area contributed by atoms with Gasteiger partial charge in [-0.3, -0.25) is 4.79 Å². The van der Waals surface area contributed by atoms with Gasteiger partial charge in [-0.05, 0) is 56.7 Å². The molecule has 1 saturated heterocycles. The molecule has 1 aromatic rings. The smallest absolute Gasteiger partial charge is 0.255 e. The Morgan fingerprint density at radius 2 is 1.85 bits per heavy atom. The van der Waals surface area contributed by atoms with E-state index in [4.69, 9.17) is 0 Å². The number of hydrogen-bond donors (Lipinski definition) is 0. The fraction of sp³-hybridized carbons (Fsp3) is 0.417. The van der Waals surface area contributed by atoms with Crippen molar-refractivity contribution in [1.29, 1.82) is 0 Å². The van der Waals surface area contributed by atoms with Crippen LogP contribution in [0.1, 0.15) is 10.4 Å². The number of sulfonamides is 1. The van der Waals surface area contributed by atoms with Gasteiger partial charge in [0.15, 0.2) is 0 Å². The summed E-state index contributed by atoms with van der Waals surface area (Å²) in [7, 11) is -3.17. The van der Waals surface area contributed by atoms with Gasteiger partial charge in [0.2, 0.25) is 10.0 Å². The molecule has 8 heteroatoms. The highest BCUT2D eigenvalue weighted by Gasteiger charge is 2.27. The molecule has 0 saturated carbocycles. The topological polar surface area (TPSA) is 57.7 Å². The predicted molar refractivity (Wildman–Crippen MR) is 89.2 cm³/mol. The van der Waals surface area contributed by atoms with Crippen molar-refractivity contribution in [2.45, 2.75) is 0 Å². The van der Waals surface area contributed by atoms with Gasteiger partial charge in [0.25, 0.3) is 5.91 Å². The molecule has 1 fully saturated rings. The fourth-order valence-electron chi connectivity index (χ4n) is 2.05. The van der Waals surface area contributed by atoms with Gasteiger partial charge >= 0.3 is 0 Å². The molecular formula is C12H14BrIN2O3S. The second-order valence-electron chi connectivity index (χ2n) is 4.58. The predicted octanol–water partition coefficient (Wildman–Crippen LogP) is 1.77. The molecule has 2 rings (SSSR count). The van der Waals surface area contributed by atoms with Crippen molar-refractivity contribution in [2.75, 3.05) is 32.4 Å². The van der Waals surface area contributed by atoms with Crippen LogP contribution >= 0.6 is 38.5 Å². The number of rotatable bonds is 2. The molecule has 1 aromatic carbocycles. The number of benzene rings is 1. The summed E-state index contributed by atoms with van der Waals surface area (Å²) < 4.78 is 26.0. The van der Waals surface area contributed by atoms with Crippen LogP contribution in [0.3, 0.4) is 0 Å². The fourth-order valence-corrected chi connectivity index (χ4v) is 3.79. The zero-order valence-electron chi connectivity index (χ0n) is 10.8. The van der Waals surface area contributed by atoms with E-state index in [1.165, 1.54) is 10.6 Å². The lowest BCUT2D eigenvalue weighted by Crippen LogP contribution is -2.50. The van der Waals surface area contributed by atoms with Crippen LogP contribution in [-0.4, -0.2) is 56.0 Å². The van der Waals surface area contributed by atoms with Crippen molar-refractivity contribution < 1.29 is 13.2 Å². The molecule has 1 aliphatic heterocycles. The first-order chi connectivity index (χ1) is 9.29. The number of piperazine rings is 1. The Balaban J connectivity index is 2.11. The number of carbonyl (C=O) groups is 1. The zero-order chi connectivity index (χ0) is 14.9. The first kappa shape index (κ1) is 16.2. The van der Waals surface area contributed by atoms with E-state index in [0.29, 0.717) is 31.7 Å². The summed E-state index contributed by atoms with van der Waals surface area (Å²) in [4.78, 5) is 14.1. The lowest BCUT2D eigenvalue weighted by atomic mass is 10.2. The minimum absolute atomic E-state index is 0.0662. The van der Waals surface area contributed by atoms with Gasteiger partial charge in [0.1, 0.15) is 0 Å². The Kier molecular flexibility index (Phi) is 5.09. The Hall–Kier alpha value is -0.190. The Morgan fingerprint density at radius 3 is 2.40 bits per heavy atom. The van der Waals surface area contributed by atoms with Crippen molar-refractivity contribution in [3.63, 3.8) is 0 Å². The van der Waals surface area contributed by atoms with Crippen molar-refractivity contribution >= 4 is 54.5 Å². The van der Waals surface area contributed by atoms with Crippen LogP contribution in [0.2, 0.25) is 0 Å². The summed E-state index contributed by atoms with van der Waals surface area (Å²) in [5, 5.41) is 0. The molecule has 1 heterocycles. The minimum atomic E-state index is -3.17. The van der Waals surface area contributed by atoms with Gasteiger partial charge < -0.3 is 4.90 Å². The first-order valence-corrected chi connectivity index (χ1v) is 9.70. The molecule has 0 atom stereocenters. The maximum absolute atomic E-state index is 12.5. The molecule has 0 aromatic heterocycles. The molecule has 0 unspecified atom stereocenters. The summed E-state index contributed by atoms with van der Waals surface area (Å²) >= 11 is 5.55. The second kappa shape index (κ2) is 6.29. The van der Waals surface area contributed by atoms with Gasteiger partial charge in [0.05, 0.1) is 11.8 Å². The maximum atomic E-state index is 12.5. The van der Waals surface area contributed by atoms with Crippen LogP contribution in [0.4, 0.5) is 0 Å². The van der Waals surface area contributed by atoms with Crippen LogP contribution in [0.5, 0.6) is 0 Å². The monoisotopic (exact) mass is 472 g/mol. The Bertz CT molecular complexity index is 628. The van der Waals surface area contributed by atoms with Gasteiger partial charge in [-0.2, -0.15) is 4.31 Å². The number of amides is 1. The molecular weight excluding hydrogens is 459 g/mol. The molecule has 0 bridgehead atoms. The average Bonchev–Trinajstić information content (AvgIpc) is 2.40. The summed E-state index contributed by atoms with van der Waals surface area (Å²) in [5.74, 6) is -0.0662. The molecule has 20 heavy (non-hydrogen) atoms. The number of hydrogen-bond acceptors (Lipinski definition) is 3. The minimum Gasteiger partial charge on any atom is -0.336 e. The maximum Gasteiger partial charge on any atom is 0.255 e.